The number of rotatable bonds is 5. The van der Waals surface area contributed by atoms with Gasteiger partial charge >= 0.3 is 0 Å². The van der Waals surface area contributed by atoms with Gasteiger partial charge in [0.05, 0.1) is 17.8 Å². The summed E-state index contributed by atoms with van der Waals surface area (Å²) in [6.07, 6.45) is 0. The number of hydrogen-bond donors (Lipinski definition) is 1. The molecule has 0 spiro atoms. The molecule has 4 nitrogen and oxygen atoms in total. The molecule has 0 saturated heterocycles. The van der Waals surface area contributed by atoms with E-state index in [0.717, 1.165) is 11.1 Å². The Morgan fingerprint density at radius 2 is 1.85 bits per heavy atom. The lowest BCUT2D eigenvalue weighted by atomic mass is 10.2. The van der Waals surface area contributed by atoms with Crippen LogP contribution < -0.4 is 5.32 Å². The molecule has 3 rings (SSSR count). The molecule has 2 aromatic carbocycles. The van der Waals surface area contributed by atoms with Crippen molar-refractivity contribution in [2.24, 2.45) is 0 Å². The Hall–Kier alpha value is -2.37. The smallest absolute Gasteiger partial charge is 0.256 e. The summed E-state index contributed by atoms with van der Waals surface area (Å²) in [7, 11) is 0. The summed E-state index contributed by atoms with van der Waals surface area (Å²) in [5.74, 6) is -0.631. The van der Waals surface area contributed by atoms with Gasteiger partial charge in [0.1, 0.15) is 11.0 Å². The molecule has 1 N–H and O–H groups in total. The SMILES string of the molecule is Cc1nn(Cc2ccc(F)cc2)c(Cl)c1C(=O)NCc1ccccc1Cl. The van der Waals surface area contributed by atoms with Gasteiger partial charge in [-0.2, -0.15) is 5.10 Å². The van der Waals surface area contributed by atoms with Crippen molar-refractivity contribution in [2.75, 3.05) is 0 Å². The van der Waals surface area contributed by atoms with Crippen LogP contribution >= 0.6 is 23.2 Å². The maximum absolute atomic E-state index is 13.0. The first-order valence-corrected chi connectivity index (χ1v) is 8.70. The summed E-state index contributed by atoms with van der Waals surface area (Å²) >= 11 is 12.5. The maximum Gasteiger partial charge on any atom is 0.256 e. The van der Waals surface area contributed by atoms with Gasteiger partial charge in [0, 0.05) is 11.6 Å². The van der Waals surface area contributed by atoms with E-state index in [4.69, 9.17) is 23.2 Å². The molecule has 1 amide bonds. The highest BCUT2D eigenvalue weighted by Crippen LogP contribution is 2.22. The van der Waals surface area contributed by atoms with E-state index in [0.29, 0.717) is 22.8 Å². The third-order valence-corrected chi connectivity index (χ3v) is 4.69. The topological polar surface area (TPSA) is 46.9 Å². The highest BCUT2D eigenvalue weighted by molar-refractivity contribution is 6.33. The molecular weight excluding hydrogens is 376 g/mol. The molecule has 1 heterocycles. The number of amides is 1. The van der Waals surface area contributed by atoms with Crippen LogP contribution in [0.1, 0.15) is 27.2 Å². The predicted octanol–water partition coefficient (Wildman–Crippen LogP) is 4.62. The number of halogens is 3. The first-order chi connectivity index (χ1) is 12.5. The molecule has 3 aromatic rings. The zero-order valence-electron chi connectivity index (χ0n) is 14.0. The number of aryl methyl sites for hydroxylation is 1. The summed E-state index contributed by atoms with van der Waals surface area (Å²) < 4.78 is 14.5. The number of benzene rings is 2. The van der Waals surface area contributed by atoms with Crippen molar-refractivity contribution >= 4 is 29.1 Å². The van der Waals surface area contributed by atoms with Gasteiger partial charge in [0.25, 0.3) is 5.91 Å². The second-order valence-electron chi connectivity index (χ2n) is 5.81. The van der Waals surface area contributed by atoms with Gasteiger partial charge in [-0.25, -0.2) is 9.07 Å². The maximum atomic E-state index is 13.0. The van der Waals surface area contributed by atoms with Gasteiger partial charge in [-0.15, -0.1) is 0 Å². The van der Waals surface area contributed by atoms with Gasteiger partial charge in [-0.1, -0.05) is 53.5 Å². The van der Waals surface area contributed by atoms with Gasteiger partial charge < -0.3 is 5.32 Å². The van der Waals surface area contributed by atoms with Crippen LogP contribution in [-0.2, 0) is 13.1 Å². The highest BCUT2D eigenvalue weighted by atomic mass is 35.5. The summed E-state index contributed by atoms with van der Waals surface area (Å²) in [4.78, 5) is 12.5. The van der Waals surface area contributed by atoms with Crippen molar-refractivity contribution in [1.82, 2.24) is 15.1 Å². The summed E-state index contributed by atoms with van der Waals surface area (Å²) in [6, 6.07) is 13.3. The van der Waals surface area contributed by atoms with Crippen molar-refractivity contribution in [3.63, 3.8) is 0 Å². The van der Waals surface area contributed by atoms with Crippen molar-refractivity contribution in [3.05, 3.63) is 86.9 Å². The minimum Gasteiger partial charge on any atom is -0.348 e. The van der Waals surface area contributed by atoms with E-state index in [-0.39, 0.29) is 23.4 Å². The first kappa shape index (κ1) is 18.4. The summed E-state index contributed by atoms with van der Waals surface area (Å²) in [5, 5.41) is 7.96. The molecule has 0 bridgehead atoms. The van der Waals surface area contributed by atoms with E-state index in [2.05, 4.69) is 10.4 Å². The van der Waals surface area contributed by atoms with Crippen LogP contribution in [0.2, 0.25) is 10.2 Å². The molecule has 26 heavy (non-hydrogen) atoms. The minimum atomic E-state index is -0.322. The van der Waals surface area contributed by atoms with E-state index in [1.165, 1.54) is 16.8 Å². The van der Waals surface area contributed by atoms with E-state index >= 15 is 0 Å². The third-order valence-electron chi connectivity index (χ3n) is 3.94. The zero-order chi connectivity index (χ0) is 18.7. The van der Waals surface area contributed by atoms with Crippen molar-refractivity contribution in [3.8, 4) is 0 Å². The van der Waals surface area contributed by atoms with Crippen molar-refractivity contribution in [2.45, 2.75) is 20.0 Å². The lowest BCUT2D eigenvalue weighted by Gasteiger charge is -2.07. The second kappa shape index (κ2) is 7.89. The Labute approximate surface area is 160 Å². The van der Waals surface area contributed by atoms with E-state index < -0.39 is 0 Å². The van der Waals surface area contributed by atoms with Gasteiger partial charge in [-0.05, 0) is 36.2 Å². The van der Waals surface area contributed by atoms with Crippen LogP contribution in [0, 0.1) is 12.7 Å². The molecule has 0 aliphatic rings. The average molecular weight is 392 g/mol. The zero-order valence-corrected chi connectivity index (χ0v) is 15.5. The molecule has 0 aliphatic heterocycles. The number of hydrogen-bond acceptors (Lipinski definition) is 2. The van der Waals surface area contributed by atoms with E-state index in [9.17, 15) is 9.18 Å². The van der Waals surface area contributed by atoms with Crippen LogP contribution in [0.15, 0.2) is 48.5 Å². The fraction of sp³-hybridized carbons (Fsp3) is 0.158. The number of carbonyl (C=O) groups excluding carboxylic acids is 1. The van der Waals surface area contributed by atoms with Gasteiger partial charge in [-0.3, -0.25) is 4.79 Å². The molecular formula is C19H16Cl2FN3O. The Bertz CT molecular complexity index is 938. The standard InChI is InChI=1S/C19H16Cl2FN3O/c1-12-17(19(26)23-10-14-4-2-3-5-16(14)20)18(21)25(24-12)11-13-6-8-15(22)9-7-13/h2-9H,10-11H2,1H3,(H,23,26). The minimum absolute atomic E-state index is 0.239. The van der Waals surface area contributed by atoms with Crippen LogP contribution in [0.3, 0.4) is 0 Å². The molecule has 134 valence electrons. The third kappa shape index (κ3) is 4.06. The van der Waals surface area contributed by atoms with Crippen LogP contribution in [0.4, 0.5) is 4.39 Å². The Kier molecular flexibility index (Phi) is 5.59. The average Bonchev–Trinajstić information content (AvgIpc) is 2.89. The number of carbonyl (C=O) groups is 1. The summed E-state index contributed by atoms with van der Waals surface area (Å²) in [6.45, 7) is 2.35. The monoisotopic (exact) mass is 391 g/mol. The second-order valence-corrected chi connectivity index (χ2v) is 6.57. The number of aromatic nitrogens is 2. The molecule has 0 atom stereocenters. The fourth-order valence-electron chi connectivity index (χ4n) is 2.58. The summed E-state index contributed by atoms with van der Waals surface area (Å²) in [5.41, 5.74) is 2.49. The fourth-order valence-corrected chi connectivity index (χ4v) is 3.11. The molecule has 0 aliphatic carbocycles. The lowest BCUT2D eigenvalue weighted by Crippen LogP contribution is -2.23. The first-order valence-electron chi connectivity index (χ1n) is 7.94. The van der Waals surface area contributed by atoms with Gasteiger partial charge in [0.15, 0.2) is 0 Å². The molecule has 0 saturated carbocycles. The van der Waals surface area contributed by atoms with E-state index in [1.54, 1.807) is 25.1 Å². The van der Waals surface area contributed by atoms with Crippen LogP contribution in [0.25, 0.3) is 0 Å². The molecule has 0 radical (unpaired) electrons. The molecule has 1 aromatic heterocycles. The molecule has 0 unspecified atom stereocenters. The van der Waals surface area contributed by atoms with Crippen molar-refractivity contribution in [1.29, 1.82) is 0 Å². The largest absolute Gasteiger partial charge is 0.348 e. The lowest BCUT2D eigenvalue weighted by molar-refractivity contribution is 0.0950. The number of nitrogens with zero attached hydrogens (tertiary/aromatic N) is 2. The Morgan fingerprint density at radius 3 is 2.54 bits per heavy atom. The molecule has 7 heteroatoms. The Morgan fingerprint density at radius 1 is 1.15 bits per heavy atom. The highest BCUT2D eigenvalue weighted by Gasteiger charge is 2.20. The quantitative estimate of drug-likeness (QED) is 0.689. The molecule has 0 fully saturated rings. The Balaban J connectivity index is 1.75. The van der Waals surface area contributed by atoms with Crippen molar-refractivity contribution < 1.29 is 9.18 Å². The normalized spacial score (nSPS) is 10.8. The van der Waals surface area contributed by atoms with Crippen LogP contribution in [0.5, 0.6) is 0 Å². The van der Waals surface area contributed by atoms with E-state index in [1.807, 2.05) is 18.2 Å². The number of nitrogens with one attached hydrogen (secondary N) is 1. The predicted molar refractivity (Wildman–Crippen MR) is 100 cm³/mol. The van der Waals surface area contributed by atoms with Crippen LogP contribution in [-0.4, -0.2) is 15.7 Å². The van der Waals surface area contributed by atoms with Gasteiger partial charge in [0.2, 0.25) is 0 Å².